The number of alkyl halides is 3. The molecule has 10 heteroatoms. The number of benzene rings is 2. The van der Waals surface area contributed by atoms with Crippen LogP contribution in [0.15, 0.2) is 64.9 Å². The van der Waals surface area contributed by atoms with Gasteiger partial charge in [0.15, 0.2) is 6.61 Å². The largest absolute Gasteiger partial charge is 0.386 e. The number of hydrogen-bond acceptors (Lipinski definition) is 5. The van der Waals surface area contributed by atoms with Crippen LogP contribution in [-0.2, 0) is 14.4 Å². The summed E-state index contributed by atoms with van der Waals surface area (Å²) < 4.78 is -2.05. The van der Waals surface area contributed by atoms with E-state index in [1.54, 1.807) is 31.2 Å². The van der Waals surface area contributed by atoms with Gasteiger partial charge in [-0.2, -0.15) is 5.10 Å². The fourth-order valence-corrected chi connectivity index (χ4v) is 2.11. The minimum Gasteiger partial charge on any atom is -0.386 e. The molecule has 2 aromatic rings. The number of rotatable bonds is 7. The van der Waals surface area contributed by atoms with Gasteiger partial charge in [-0.15, -0.1) is 0 Å². The Balaban J connectivity index is 1.81. The molecule has 0 spiro atoms. The molecule has 2 amide bonds. The molecule has 0 heterocycles. The molecule has 0 atom stereocenters. The van der Waals surface area contributed by atoms with Crippen LogP contribution in [0, 0.1) is 0 Å². The van der Waals surface area contributed by atoms with E-state index in [0.717, 1.165) is 11.1 Å². The van der Waals surface area contributed by atoms with E-state index in [4.69, 9.17) is 39.6 Å². The van der Waals surface area contributed by atoms with E-state index >= 15 is 0 Å². The SMILES string of the molecule is C/C(=N\NC(=O)CO/N=C/c1ccccc1)c1ccc(NC(=O)C(Cl)(Cl)Cl)cc1. The number of hydrazone groups is 1. The molecule has 2 N–H and O–H groups in total. The van der Waals surface area contributed by atoms with Crippen LogP contribution in [-0.4, -0.2) is 34.1 Å². The van der Waals surface area contributed by atoms with Gasteiger partial charge in [0.2, 0.25) is 0 Å². The molecule has 0 bridgehead atoms. The lowest BCUT2D eigenvalue weighted by molar-refractivity contribution is -0.125. The lowest BCUT2D eigenvalue weighted by atomic mass is 10.1. The van der Waals surface area contributed by atoms with E-state index < -0.39 is 15.6 Å². The number of hydrogen-bond donors (Lipinski definition) is 2. The molecular formula is C19H17Cl3N4O3. The zero-order chi connectivity index (χ0) is 21.3. The highest BCUT2D eigenvalue weighted by Crippen LogP contribution is 2.27. The first-order valence-electron chi connectivity index (χ1n) is 8.28. The first-order valence-corrected chi connectivity index (χ1v) is 9.41. The van der Waals surface area contributed by atoms with Crippen LogP contribution in [0.4, 0.5) is 5.69 Å². The second-order valence-electron chi connectivity index (χ2n) is 5.68. The zero-order valence-corrected chi connectivity index (χ0v) is 17.5. The normalized spacial score (nSPS) is 11.9. The number of carbonyl (C=O) groups excluding carboxylic acids is 2. The third-order valence-electron chi connectivity index (χ3n) is 3.44. The van der Waals surface area contributed by atoms with Gasteiger partial charge in [-0.3, -0.25) is 9.59 Å². The summed E-state index contributed by atoms with van der Waals surface area (Å²) in [6.45, 7) is 1.44. The van der Waals surface area contributed by atoms with Crippen LogP contribution >= 0.6 is 34.8 Å². The van der Waals surface area contributed by atoms with Gasteiger partial charge in [-0.25, -0.2) is 5.43 Å². The molecule has 0 saturated carbocycles. The summed E-state index contributed by atoms with van der Waals surface area (Å²) in [7, 11) is 0. The molecule has 0 saturated heterocycles. The molecule has 0 fully saturated rings. The van der Waals surface area contributed by atoms with Gasteiger partial charge < -0.3 is 10.2 Å². The van der Waals surface area contributed by atoms with Gasteiger partial charge >= 0.3 is 0 Å². The van der Waals surface area contributed by atoms with Crippen molar-refractivity contribution >= 4 is 64.2 Å². The molecule has 2 aromatic carbocycles. The quantitative estimate of drug-likeness (QED) is 0.377. The van der Waals surface area contributed by atoms with E-state index in [2.05, 4.69) is 21.0 Å². The number of anilines is 1. The highest BCUT2D eigenvalue weighted by Gasteiger charge is 2.30. The second-order valence-corrected chi connectivity index (χ2v) is 7.96. The topological polar surface area (TPSA) is 92.2 Å². The zero-order valence-electron chi connectivity index (χ0n) is 15.2. The Labute approximate surface area is 182 Å². The predicted molar refractivity (Wildman–Crippen MR) is 116 cm³/mol. The van der Waals surface area contributed by atoms with E-state index in [-0.39, 0.29) is 6.61 Å². The average Bonchev–Trinajstić information content (AvgIpc) is 2.70. The third-order valence-corrected chi connectivity index (χ3v) is 3.95. The Kier molecular flexibility index (Phi) is 8.45. The van der Waals surface area contributed by atoms with Crippen LogP contribution < -0.4 is 10.7 Å². The second kappa shape index (κ2) is 10.8. The van der Waals surface area contributed by atoms with Crippen molar-refractivity contribution in [2.45, 2.75) is 10.7 Å². The van der Waals surface area contributed by atoms with E-state index in [0.29, 0.717) is 11.4 Å². The lowest BCUT2D eigenvalue weighted by Gasteiger charge is -2.11. The molecule has 152 valence electrons. The summed E-state index contributed by atoms with van der Waals surface area (Å²) in [5.74, 6) is -1.22. The summed E-state index contributed by atoms with van der Waals surface area (Å²) in [5, 5.41) is 10.2. The molecule has 29 heavy (non-hydrogen) atoms. The summed E-state index contributed by atoms with van der Waals surface area (Å²) in [6.07, 6.45) is 1.50. The van der Waals surface area contributed by atoms with Gasteiger partial charge in [0, 0.05) is 5.69 Å². The molecule has 0 aliphatic heterocycles. The van der Waals surface area contributed by atoms with Gasteiger partial charge in [-0.05, 0) is 30.2 Å². The molecule has 0 aliphatic carbocycles. The molecule has 2 rings (SSSR count). The summed E-state index contributed by atoms with van der Waals surface area (Å²) in [6, 6.07) is 16.0. The highest BCUT2D eigenvalue weighted by molar-refractivity contribution is 6.76. The average molecular weight is 456 g/mol. The van der Waals surface area contributed by atoms with Crippen LogP contribution in [0.25, 0.3) is 0 Å². The Morgan fingerprint density at radius 1 is 1.07 bits per heavy atom. The van der Waals surface area contributed by atoms with Crippen LogP contribution in [0.3, 0.4) is 0 Å². The fourth-order valence-electron chi connectivity index (χ4n) is 1.97. The smallest absolute Gasteiger partial charge is 0.280 e. The minimum atomic E-state index is -2.05. The first-order chi connectivity index (χ1) is 13.8. The molecule has 0 aromatic heterocycles. The van der Waals surface area contributed by atoms with Gasteiger partial charge in [0.25, 0.3) is 15.6 Å². The number of amides is 2. The van der Waals surface area contributed by atoms with E-state index in [1.165, 1.54) is 6.21 Å². The highest BCUT2D eigenvalue weighted by atomic mass is 35.6. The van der Waals surface area contributed by atoms with Crippen molar-refractivity contribution < 1.29 is 14.4 Å². The van der Waals surface area contributed by atoms with Crippen molar-refractivity contribution in [3.63, 3.8) is 0 Å². The number of halogens is 3. The summed E-state index contributed by atoms with van der Waals surface area (Å²) >= 11 is 16.5. The van der Waals surface area contributed by atoms with Crippen LogP contribution in [0.5, 0.6) is 0 Å². The maximum absolute atomic E-state index is 11.8. The predicted octanol–water partition coefficient (Wildman–Crippen LogP) is 3.89. The van der Waals surface area contributed by atoms with Crippen LogP contribution in [0.1, 0.15) is 18.1 Å². The molecule has 0 aliphatic rings. The lowest BCUT2D eigenvalue weighted by Crippen LogP contribution is -2.26. The number of oxime groups is 1. The van der Waals surface area contributed by atoms with Crippen molar-refractivity contribution in [3.05, 3.63) is 65.7 Å². The fraction of sp³-hybridized carbons (Fsp3) is 0.158. The standard InChI is InChI=1S/C19H17Cl3N4O3/c1-13(15-7-9-16(10-8-15)24-18(28)19(20,21)22)25-26-17(27)12-29-23-11-14-5-3-2-4-6-14/h2-11H,12H2,1H3,(H,24,28)(H,26,27)/b23-11+,25-13+. The molecule has 0 radical (unpaired) electrons. The third kappa shape index (κ3) is 8.11. The van der Waals surface area contributed by atoms with Gasteiger partial charge in [0.1, 0.15) is 0 Å². The Hall–Kier alpha value is -2.61. The van der Waals surface area contributed by atoms with Crippen molar-refractivity contribution in [1.82, 2.24) is 5.43 Å². The van der Waals surface area contributed by atoms with Gasteiger partial charge in [0.05, 0.1) is 11.9 Å². The van der Waals surface area contributed by atoms with Gasteiger partial charge in [-0.1, -0.05) is 82.4 Å². The molecular weight excluding hydrogens is 439 g/mol. The van der Waals surface area contributed by atoms with Crippen molar-refractivity contribution in [2.75, 3.05) is 11.9 Å². The van der Waals surface area contributed by atoms with E-state index in [1.807, 2.05) is 30.3 Å². The van der Waals surface area contributed by atoms with E-state index in [9.17, 15) is 9.59 Å². The Bertz CT molecular complexity index is 895. The Morgan fingerprint density at radius 3 is 2.34 bits per heavy atom. The maximum atomic E-state index is 11.8. The number of nitrogens with one attached hydrogen (secondary N) is 2. The summed E-state index contributed by atoms with van der Waals surface area (Å²) in [4.78, 5) is 28.3. The van der Waals surface area contributed by atoms with Crippen molar-refractivity contribution in [2.24, 2.45) is 10.3 Å². The monoisotopic (exact) mass is 454 g/mol. The molecule has 0 unspecified atom stereocenters. The summed E-state index contributed by atoms with van der Waals surface area (Å²) in [5.41, 5.74) is 4.95. The molecule has 7 nitrogen and oxygen atoms in total. The Morgan fingerprint density at radius 2 is 1.72 bits per heavy atom. The first kappa shape index (κ1) is 22.7. The minimum absolute atomic E-state index is 0.276. The maximum Gasteiger partial charge on any atom is 0.280 e. The van der Waals surface area contributed by atoms with Crippen molar-refractivity contribution in [3.8, 4) is 0 Å². The number of carbonyl (C=O) groups is 2. The van der Waals surface area contributed by atoms with Crippen molar-refractivity contribution in [1.29, 1.82) is 0 Å². The van der Waals surface area contributed by atoms with Crippen LogP contribution in [0.2, 0.25) is 0 Å². The number of nitrogens with zero attached hydrogens (tertiary/aromatic N) is 2.